The average molecular weight is 250 g/mol. The van der Waals surface area contributed by atoms with Crippen molar-refractivity contribution in [2.24, 2.45) is 0 Å². The Morgan fingerprint density at radius 3 is 2.44 bits per heavy atom. The third kappa shape index (κ3) is 3.53. The lowest BCUT2D eigenvalue weighted by molar-refractivity contribution is 1.07. The van der Waals surface area contributed by atoms with Gasteiger partial charge in [-0.3, -0.25) is 0 Å². The lowest BCUT2D eigenvalue weighted by atomic mass is 10.00. The number of thiol groups is 1. The van der Waals surface area contributed by atoms with Gasteiger partial charge in [-0.1, -0.05) is 50.8 Å². The summed E-state index contributed by atoms with van der Waals surface area (Å²) in [7, 11) is -1.08. The number of allylic oxidation sites excluding steroid dienone is 1. The van der Waals surface area contributed by atoms with Crippen LogP contribution in [0, 0.1) is 0 Å². The highest BCUT2D eigenvalue weighted by Gasteiger charge is 2.17. The van der Waals surface area contributed by atoms with E-state index in [4.69, 9.17) is 0 Å². The van der Waals surface area contributed by atoms with Crippen LogP contribution >= 0.6 is 12.6 Å². The summed E-state index contributed by atoms with van der Waals surface area (Å²) >= 11 is 4.52. The summed E-state index contributed by atoms with van der Waals surface area (Å²) in [5.41, 5.74) is 3.94. The summed E-state index contributed by atoms with van der Waals surface area (Å²) in [4.78, 5) is 1.09. The second-order valence-corrected chi connectivity index (χ2v) is 11.5. The maximum atomic E-state index is 4.52. The SMILES string of the molecule is C=C(C[Si](C)(C)C)c1cccc(S)c1CC. The molecule has 1 aromatic rings. The van der Waals surface area contributed by atoms with Crippen LogP contribution in [0.4, 0.5) is 0 Å². The lowest BCUT2D eigenvalue weighted by Crippen LogP contribution is -2.19. The monoisotopic (exact) mass is 250 g/mol. The van der Waals surface area contributed by atoms with Crippen LogP contribution < -0.4 is 0 Å². The summed E-state index contributed by atoms with van der Waals surface area (Å²) in [6.07, 6.45) is 1.03. The standard InChI is InChI=1S/C14H22SSi/c1-6-12-13(8-7-9-14(12)15)11(2)10-16(3,4)5/h7-9,15H,2,6,10H2,1,3-5H3. The van der Waals surface area contributed by atoms with Crippen molar-refractivity contribution in [2.75, 3.05) is 0 Å². The zero-order chi connectivity index (χ0) is 12.3. The Morgan fingerprint density at radius 1 is 1.31 bits per heavy atom. The van der Waals surface area contributed by atoms with Gasteiger partial charge in [0, 0.05) is 13.0 Å². The molecule has 0 fully saturated rings. The predicted octanol–water partition coefficient (Wildman–Crippen LogP) is 4.89. The van der Waals surface area contributed by atoms with E-state index in [1.54, 1.807) is 0 Å². The molecule has 0 saturated heterocycles. The first-order valence-electron chi connectivity index (χ1n) is 5.84. The fraction of sp³-hybridized carbons (Fsp3) is 0.429. The van der Waals surface area contributed by atoms with Gasteiger partial charge in [-0.05, 0) is 29.7 Å². The maximum absolute atomic E-state index is 4.52. The minimum Gasteiger partial charge on any atom is -0.143 e. The number of rotatable bonds is 4. The molecule has 0 aliphatic rings. The van der Waals surface area contributed by atoms with Gasteiger partial charge >= 0.3 is 0 Å². The van der Waals surface area contributed by atoms with Gasteiger partial charge < -0.3 is 0 Å². The van der Waals surface area contributed by atoms with Crippen molar-refractivity contribution < 1.29 is 0 Å². The molecule has 16 heavy (non-hydrogen) atoms. The molecule has 1 aromatic carbocycles. The normalized spacial score (nSPS) is 11.6. The Kier molecular flexibility index (Phi) is 4.45. The topological polar surface area (TPSA) is 0 Å². The molecule has 0 heterocycles. The Labute approximate surface area is 106 Å². The third-order valence-corrected chi connectivity index (χ3v) is 4.54. The van der Waals surface area contributed by atoms with Crippen molar-refractivity contribution in [3.05, 3.63) is 35.9 Å². The van der Waals surface area contributed by atoms with E-state index in [0.717, 1.165) is 17.4 Å². The summed E-state index contributed by atoms with van der Waals surface area (Å²) in [6.45, 7) is 13.6. The van der Waals surface area contributed by atoms with Crippen LogP contribution in [0.5, 0.6) is 0 Å². The largest absolute Gasteiger partial charge is 0.143 e. The predicted molar refractivity (Wildman–Crippen MR) is 80.3 cm³/mol. The molecular weight excluding hydrogens is 228 g/mol. The first-order chi connectivity index (χ1) is 7.35. The Bertz CT molecular complexity index is 388. The zero-order valence-corrected chi connectivity index (χ0v) is 12.7. The van der Waals surface area contributed by atoms with Crippen LogP contribution in [0.3, 0.4) is 0 Å². The molecule has 1 rings (SSSR count). The fourth-order valence-electron chi connectivity index (χ4n) is 2.01. The van der Waals surface area contributed by atoms with Gasteiger partial charge in [-0.25, -0.2) is 0 Å². The minimum atomic E-state index is -1.08. The second-order valence-electron chi connectivity index (χ2n) is 5.50. The molecule has 2 heteroatoms. The molecule has 0 aliphatic heterocycles. The molecule has 0 radical (unpaired) electrons. The molecular formula is C14H22SSi. The van der Waals surface area contributed by atoms with Crippen LogP contribution in [-0.4, -0.2) is 8.07 Å². The van der Waals surface area contributed by atoms with Crippen molar-refractivity contribution in [1.82, 2.24) is 0 Å². The summed E-state index contributed by atoms with van der Waals surface area (Å²) in [5.74, 6) is 0. The van der Waals surface area contributed by atoms with E-state index < -0.39 is 8.07 Å². The average Bonchev–Trinajstić information content (AvgIpc) is 2.14. The van der Waals surface area contributed by atoms with Gasteiger partial charge in [0.05, 0.1) is 0 Å². The maximum Gasteiger partial charge on any atom is 0.0487 e. The van der Waals surface area contributed by atoms with Gasteiger partial charge in [0.15, 0.2) is 0 Å². The number of benzene rings is 1. The molecule has 0 atom stereocenters. The van der Waals surface area contributed by atoms with Crippen molar-refractivity contribution >= 4 is 26.3 Å². The van der Waals surface area contributed by atoms with E-state index in [-0.39, 0.29) is 0 Å². The van der Waals surface area contributed by atoms with Crippen LogP contribution in [0.1, 0.15) is 18.1 Å². The minimum absolute atomic E-state index is 1.03. The van der Waals surface area contributed by atoms with E-state index in [9.17, 15) is 0 Å². The molecule has 0 spiro atoms. The number of hydrogen-bond donors (Lipinski definition) is 1. The molecule has 0 nitrogen and oxygen atoms in total. The molecule has 0 amide bonds. The van der Waals surface area contributed by atoms with Crippen LogP contribution in [0.2, 0.25) is 25.7 Å². The van der Waals surface area contributed by atoms with Gasteiger partial charge in [0.25, 0.3) is 0 Å². The van der Waals surface area contributed by atoms with Crippen molar-refractivity contribution in [2.45, 2.75) is 43.9 Å². The van der Waals surface area contributed by atoms with Crippen molar-refractivity contribution in [3.8, 4) is 0 Å². The van der Waals surface area contributed by atoms with E-state index in [0.29, 0.717) is 0 Å². The summed E-state index contributed by atoms with van der Waals surface area (Å²) in [5, 5.41) is 0. The van der Waals surface area contributed by atoms with Crippen molar-refractivity contribution in [3.63, 3.8) is 0 Å². The van der Waals surface area contributed by atoms with Crippen LogP contribution in [0.25, 0.3) is 5.57 Å². The Hall–Kier alpha value is -0.473. The Morgan fingerprint density at radius 2 is 1.94 bits per heavy atom. The zero-order valence-electron chi connectivity index (χ0n) is 10.8. The van der Waals surface area contributed by atoms with Crippen molar-refractivity contribution in [1.29, 1.82) is 0 Å². The van der Waals surface area contributed by atoms with E-state index in [2.05, 4.69) is 64.0 Å². The summed E-state index contributed by atoms with van der Waals surface area (Å²) < 4.78 is 0. The lowest BCUT2D eigenvalue weighted by Gasteiger charge is -2.20. The van der Waals surface area contributed by atoms with Gasteiger partial charge in [0.2, 0.25) is 0 Å². The fourth-order valence-corrected chi connectivity index (χ4v) is 3.85. The quantitative estimate of drug-likeness (QED) is 0.571. The van der Waals surface area contributed by atoms with E-state index >= 15 is 0 Å². The van der Waals surface area contributed by atoms with Crippen LogP contribution in [0.15, 0.2) is 29.7 Å². The molecule has 0 bridgehead atoms. The van der Waals surface area contributed by atoms with E-state index in [1.807, 2.05) is 0 Å². The highest BCUT2D eigenvalue weighted by Crippen LogP contribution is 2.29. The smallest absolute Gasteiger partial charge is 0.0487 e. The molecule has 0 saturated carbocycles. The van der Waals surface area contributed by atoms with E-state index in [1.165, 1.54) is 16.7 Å². The van der Waals surface area contributed by atoms with Gasteiger partial charge in [-0.2, -0.15) is 0 Å². The molecule has 88 valence electrons. The van der Waals surface area contributed by atoms with Gasteiger partial charge in [-0.15, -0.1) is 12.6 Å². The first kappa shape index (κ1) is 13.6. The molecule has 0 aromatic heterocycles. The van der Waals surface area contributed by atoms with Gasteiger partial charge in [0.1, 0.15) is 0 Å². The second kappa shape index (κ2) is 5.24. The summed E-state index contributed by atoms with van der Waals surface area (Å²) in [6, 6.07) is 7.48. The molecule has 0 N–H and O–H groups in total. The molecule has 0 aliphatic carbocycles. The first-order valence-corrected chi connectivity index (χ1v) is 9.99. The molecule has 0 unspecified atom stereocenters. The third-order valence-electron chi connectivity index (χ3n) is 2.63. The Balaban J connectivity index is 3.04. The number of hydrogen-bond acceptors (Lipinski definition) is 1. The highest BCUT2D eigenvalue weighted by atomic mass is 32.1. The highest BCUT2D eigenvalue weighted by molar-refractivity contribution is 7.80. The van der Waals surface area contributed by atoms with Crippen LogP contribution in [-0.2, 0) is 6.42 Å².